The molecule has 2 amide bonds. The Morgan fingerprint density at radius 2 is 1.80 bits per heavy atom. The Kier molecular flexibility index (Phi) is 5.72. The van der Waals surface area contributed by atoms with E-state index in [9.17, 15) is 23.2 Å². The maximum Gasteiger partial charge on any atom is 0.279 e. The molecule has 1 unspecified atom stereocenters. The molecule has 0 saturated heterocycles. The second kappa shape index (κ2) is 8.24. The fourth-order valence-electron chi connectivity index (χ4n) is 3.10. The second-order valence-corrected chi connectivity index (χ2v) is 6.64. The summed E-state index contributed by atoms with van der Waals surface area (Å²) in [5, 5.41) is 4.02. The predicted molar refractivity (Wildman–Crippen MR) is 105 cm³/mol. The Morgan fingerprint density at radius 3 is 2.43 bits per heavy atom. The normalized spacial score (nSPS) is 11.7. The van der Waals surface area contributed by atoms with Gasteiger partial charge in [0, 0.05) is 18.8 Å². The van der Waals surface area contributed by atoms with E-state index in [1.807, 2.05) is 0 Å². The van der Waals surface area contributed by atoms with Crippen molar-refractivity contribution in [2.75, 3.05) is 7.05 Å². The van der Waals surface area contributed by atoms with Gasteiger partial charge in [0.1, 0.15) is 23.4 Å². The number of primary amides is 1. The van der Waals surface area contributed by atoms with E-state index >= 15 is 0 Å². The average molecular weight is 412 g/mol. The van der Waals surface area contributed by atoms with Crippen LogP contribution in [0.1, 0.15) is 27.8 Å². The number of carbonyl (C=O) groups is 2. The number of aromatic nitrogens is 2. The van der Waals surface area contributed by atoms with Gasteiger partial charge in [0.25, 0.3) is 5.91 Å². The van der Waals surface area contributed by atoms with Gasteiger partial charge in [-0.25, -0.2) is 13.5 Å². The average Bonchev–Trinajstić information content (AvgIpc) is 2.68. The molecule has 0 aliphatic heterocycles. The van der Waals surface area contributed by atoms with E-state index in [0.717, 1.165) is 21.7 Å². The van der Waals surface area contributed by atoms with Crippen LogP contribution in [0.4, 0.5) is 8.78 Å². The molecule has 0 aliphatic rings. The number of hydrogen-bond acceptors (Lipinski definition) is 4. The number of para-hydroxylation sites is 1. The molecule has 154 valence electrons. The van der Waals surface area contributed by atoms with Crippen molar-refractivity contribution in [1.82, 2.24) is 14.7 Å². The molecule has 1 atom stereocenters. The molecular formula is C21H18F2N4O3. The number of aryl methyl sites for hydroxylation is 1. The van der Waals surface area contributed by atoms with Crippen molar-refractivity contribution < 1.29 is 18.4 Å². The largest absolute Gasteiger partial charge is 0.368 e. The topological polar surface area (TPSA) is 98.3 Å². The van der Waals surface area contributed by atoms with Crippen LogP contribution in [0, 0.1) is 18.6 Å². The first kappa shape index (κ1) is 20.8. The van der Waals surface area contributed by atoms with Gasteiger partial charge in [-0.05, 0) is 36.8 Å². The quantitative estimate of drug-likeness (QED) is 0.694. The number of benzene rings is 2. The van der Waals surface area contributed by atoms with Gasteiger partial charge in [-0.15, -0.1) is 0 Å². The van der Waals surface area contributed by atoms with Gasteiger partial charge in [0.2, 0.25) is 11.3 Å². The molecule has 2 N–H and O–H groups in total. The summed E-state index contributed by atoms with van der Waals surface area (Å²) in [4.78, 5) is 38.4. The SMILES string of the molecule is Cc1cc(=O)c(C(=O)N(C)C(C(N)=O)c2cccc(F)c2)nn1-c1ccccc1F. The van der Waals surface area contributed by atoms with Crippen LogP contribution < -0.4 is 11.2 Å². The predicted octanol–water partition coefficient (Wildman–Crippen LogP) is 2.12. The van der Waals surface area contributed by atoms with Gasteiger partial charge in [-0.3, -0.25) is 14.4 Å². The van der Waals surface area contributed by atoms with Crippen LogP contribution in [0.5, 0.6) is 0 Å². The summed E-state index contributed by atoms with van der Waals surface area (Å²) in [5.41, 5.74) is 4.68. The van der Waals surface area contributed by atoms with Gasteiger partial charge in [-0.2, -0.15) is 5.10 Å². The van der Waals surface area contributed by atoms with Crippen molar-refractivity contribution >= 4 is 11.8 Å². The van der Waals surface area contributed by atoms with Crippen molar-refractivity contribution in [2.45, 2.75) is 13.0 Å². The van der Waals surface area contributed by atoms with Crippen LogP contribution in [0.25, 0.3) is 5.69 Å². The lowest BCUT2D eigenvalue weighted by atomic mass is 10.0. The van der Waals surface area contributed by atoms with Crippen LogP contribution in [-0.4, -0.2) is 33.5 Å². The van der Waals surface area contributed by atoms with Crippen molar-refractivity contribution in [1.29, 1.82) is 0 Å². The van der Waals surface area contributed by atoms with Gasteiger partial charge in [-0.1, -0.05) is 24.3 Å². The van der Waals surface area contributed by atoms with Gasteiger partial charge in [0.05, 0.1) is 0 Å². The van der Waals surface area contributed by atoms with Gasteiger partial charge < -0.3 is 10.6 Å². The standard InChI is InChI=1S/C21H18F2N4O3/c1-12-10-17(28)18(25-27(12)16-9-4-3-8-15(16)23)21(30)26(2)19(20(24)29)13-6-5-7-14(22)11-13/h3-11,19H,1-2H3,(H2,24,29). The Labute approximate surface area is 170 Å². The molecule has 1 heterocycles. The number of nitrogens with two attached hydrogens (primary N) is 1. The number of amides is 2. The Morgan fingerprint density at radius 1 is 1.10 bits per heavy atom. The molecule has 0 bridgehead atoms. The maximum absolute atomic E-state index is 14.2. The van der Waals surface area contributed by atoms with Crippen LogP contribution in [0.3, 0.4) is 0 Å². The van der Waals surface area contributed by atoms with E-state index in [1.165, 1.54) is 50.4 Å². The number of nitrogens with zero attached hydrogens (tertiary/aromatic N) is 3. The first-order chi connectivity index (χ1) is 14.2. The molecular weight excluding hydrogens is 394 g/mol. The first-order valence-electron chi connectivity index (χ1n) is 8.88. The number of rotatable bonds is 5. The zero-order valence-electron chi connectivity index (χ0n) is 16.2. The van der Waals surface area contributed by atoms with Crippen molar-refractivity contribution in [2.24, 2.45) is 5.73 Å². The zero-order valence-corrected chi connectivity index (χ0v) is 16.2. The fourth-order valence-corrected chi connectivity index (χ4v) is 3.10. The molecule has 0 spiro atoms. The van der Waals surface area contributed by atoms with Crippen LogP contribution >= 0.6 is 0 Å². The number of carbonyl (C=O) groups excluding carboxylic acids is 2. The smallest absolute Gasteiger partial charge is 0.279 e. The molecule has 0 fully saturated rings. The Balaban J connectivity index is 2.07. The summed E-state index contributed by atoms with van der Waals surface area (Å²) < 4.78 is 28.9. The zero-order chi connectivity index (χ0) is 22.0. The second-order valence-electron chi connectivity index (χ2n) is 6.64. The fraction of sp³-hybridized carbons (Fsp3) is 0.143. The molecule has 7 nitrogen and oxygen atoms in total. The number of halogens is 2. The van der Waals surface area contributed by atoms with Crippen LogP contribution in [0.2, 0.25) is 0 Å². The van der Waals surface area contributed by atoms with E-state index in [0.29, 0.717) is 5.69 Å². The van der Waals surface area contributed by atoms with Crippen LogP contribution in [0.15, 0.2) is 59.4 Å². The van der Waals surface area contributed by atoms with E-state index < -0.39 is 40.6 Å². The van der Waals surface area contributed by atoms with Crippen molar-refractivity contribution in [3.05, 3.63) is 93.4 Å². The maximum atomic E-state index is 14.2. The van der Waals surface area contributed by atoms with Crippen molar-refractivity contribution in [3.63, 3.8) is 0 Å². The summed E-state index contributed by atoms with van der Waals surface area (Å²) in [7, 11) is 1.25. The molecule has 2 aromatic carbocycles. The lowest BCUT2D eigenvalue weighted by Crippen LogP contribution is -2.41. The molecule has 3 aromatic rings. The highest BCUT2D eigenvalue weighted by Crippen LogP contribution is 2.21. The third kappa shape index (κ3) is 3.95. The molecule has 0 saturated carbocycles. The third-order valence-electron chi connectivity index (χ3n) is 4.53. The summed E-state index contributed by atoms with van der Waals surface area (Å²) in [5.74, 6) is -3.05. The summed E-state index contributed by atoms with van der Waals surface area (Å²) >= 11 is 0. The van der Waals surface area contributed by atoms with E-state index in [4.69, 9.17) is 5.73 Å². The lowest BCUT2D eigenvalue weighted by molar-refractivity contribution is -0.122. The molecule has 9 heteroatoms. The Bertz CT molecular complexity index is 1190. The van der Waals surface area contributed by atoms with Gasteiger partial charge >= 0.3 is 0 Å². The number of hydrogen-bond donors (Lipinski definition) is 1. The molecule has 0 radical (unpaired) electrons. The highest BCUT2D eigenvalue weighted by atomic mass is 19.1. The van der Waals surface area contributed by atoms with E-state index in [1.54, 1.807) is 6.07 Å². The molecule has 0 aliphatic carbocycles. The van der Waals surface area contributed by atoms with Crippen molar-refractivity contribution in [3.8, 4) is 5.69 Å². The van der Waals surface area contributed by atoms with Gasteiger partial charge in [0.15, 0.2) is 5.69 Å². The first-order valence-corrected chi connectivity index (χ1v) is 8.88. The lowest BCUT2D eigenvalue weighted by Gasteiger charge is -2.26. The highest BCUT2D eigenvalue weighted by Gasteiger charge is 2.30. The molecule has 3 rings (SSSR count). The molecule has 1 aromatic heterocycles. The minimum atomic E-state index is -1.34. The minimum Gasteiger partial charge on any atom is -0.368 e. The Hall–Kier alpha value is -3.88. The van der Waals surface area contributed by atoms with E-state index in [2.05, 4.69) is 5.10 Å². The third-order valence-corrected chi connectivity index (χ3v) is 4.53. The summed E-state index contributed by atoms with van der Waals surface area (Å²) in [6.45, 7) is 1.54. The molecule has 30 heavy (non-hydrogen) atoms. The summed E-state index contributed by atoms with van der Waals surface area (Å²) in [6.07, 6.45) is 0. The minimum absolute atomic E-state index is 0.0447. The van der Waals surface area contributed by atoms with Crippen LogP contribution in [-0.2, 0) is 4.79 Å². The monoisotopic (exact) mass is 412 g/mol. The number of likely N-dealkylation sites (N-methyl/N-ethyl adjacent to an activating group) is 1. The summed E-state index contributed by atoms with van der Waals surface area (Å²) in [6, 6.07) is 10.6. The highest BCUT2D eigenvalue weighted by molar-refractivity contribution is 5.96. The van der Waals surface area contributed by atoms with E-state index in [-0.39, 0.29) is 11.3 Å².